The van der Waals surface area contributed by atoms with Crippen LogP contribution >= 0.6 is 0 Å². The molecule has 1 unspecified atom stereocenters. The molecule has 0 spiro atoms. The molecule has 5 heteroatoms. The Morgan fingerprint density at radius 2 is 2.12 bits per heavy atom. The number of nitrogens with zero attached hydrogens (tertiary/aromatic N) is 2. The van der Waals surface area contributed by atoms with Gasteiger partial charge in [-0.25, -0.2) is 0 Å². The van der Waals surface area contributed by atoms with Gasteiger partial charge in [0, 0.05) is 6.54 Å². The van der Waals surface area contributed by atoms with Gasteiger partial charge in [-0.3, -0.25) is 0 Å². The molecule has 5 nitrogen and oxygen atoms in total. The SMILES string of the molecule is CCCNCc1nnc(NCC(C)CC)o1. The molecule has 0 fully saturated rings. The summed E-state index contributed by atoms with van der Waals surface area (Å²) in [6.45, 7) is 8.97. The van der Waals surface area contributed by atoms with Crippen molar-refractivity contribution in [3.63, 3.8) is 0 Å². The van der Waals surface area contributed by atoms with E-state index >= 15 is 0 Å². The van der Waals surface area contributed by atoms with Crippen molar-refractivity contribution >= 4 is 6.01 Å². The van der Waals surface area contributed by atoms with Crippen LogP contribution in [-0.2, 0) is 6.54 Å². The Balaban J connectivity index is 2.28. The van der Waals surface area contributed by atoms with Crippen molar-refractivity contribution in [2.75, 3.05) is 18.4 Å². The zero-order chi connectivity index (χ0) is 11.8. The maximum atomic E-state index is 5.43. The summed E-state index contributed by atoms with van der Waals surface area (Å²) in [4.78, 5) is 0. The van der Waals surface area contributed by atoms with Crippen LogP contribution in [0.2, 0.25) is 0 Å². The van der Waals surface area contributed by atoms with E-state index < -0.39 is 0 Å². The van der Waals surface area contributed by atoms with Crippen molar-refractivity contribution in [2.45, 2.75) is 40.2 Å². The predicted octanol–water partition coefficient (Wildman–Crippen LogP) is 2.03. The van der Waals surface area contributed by atoms with E-state index in [0.717, 1.165) is 25.9 Å². The van der Waals surface area contributed by atoms with Crippen LogP contribution in [0.5, 0.6) is 0 Å². The highest BCUT2D eigenvalue weighted by atomic mass is 16.4. The highest BCUT2D eigenvalue weighted by Gasteiger charge is 2.06. The minimum absolute atomic E-state index is 0.522. The second-order valence-corrected chi connectivity index (χ2v) is 4.07. The summed E-state index contributed by atoms with van der Waals surface area (Å²) in [6, 6.07) is 0.522. The quantitative estimate of drug-likeness (QED) is 0.664. The molecule has 0 aliphatic rings. The second-order valence-electron chi connectivity index (χ2n) is 4.07. The smallest absolute Gasteiger partial charge is 0.315 e. The normalized spacial score (nSPS) is 12.7. The Labute approximate surface area is 97.0 Å². The maximum Gasteiger partial charge on any atom is 0.315 e. The summed E-state index contributed by atoms with van der Waals surface area (Å²) >= 11 is 0. The minimum atomic E-state index is 0.522. The van der Waals surface area contributed by atoms with Gasteiger partial charge in [-0.1, -0.05) is 32.3 Å². The zero-order valence-corrected chi connectivity index (χ0v) is 10.4. The van der Waals surface area contributed by atoms with Crippen molar-refractivity contribution in [1.82, 2.24) is 15.5 Å². The summed E-state index contributed by atoms with van der Waals surface area (Å²) < 4.78 is 5.43. The molecular weight excluding hydrogens is 204 g/mol. The predicted molar refractivity (Wildman–Crippen MR) is 64.2 cm³/mol. The van der Waals surface area contributed by atoms with E-state index in [-0.39, 0.29) is 0 Å². The van der Waals surface area contributed by atoms with E-state index in [4.69, 9.17) is 4.42 Å². The van der Waals surface area contributed by atoms with Gasteiger partial charge in [0.05, 0.1) is 6.54 Å². The number of nitrogens with one attached hydrogen (secondary N) is 2. The lowest BCUT2D eigenvalue weighted by Gasteiger charge is -2.06. The summed E-state index contributed by atoms with van der Waals surface area (Å²) in [5.41, 5.74) is 0. The van der Waals surface area contributed by atoms with E-state index in [0.29, 0.717) is 24.4 Å². The van der Waals surface area contributed by atoms with Crippen LogP contribution in [0.4, 0.5) is 6.01 Å². The number of hydrogen-bond donors (Lipinski definition) is 2. The Kier molecular flexibility index (Phi) is 5.85. The fourth-order valence-corrected chi connectivity index (χ4v) is 1.17. The monoisotopic (exact) mass is 226 g/mol. The molecule has 0 aliphatic heterocycles. The average molecular weight is 226 g/mol. The first-order valence-electron chi connectivity index (χ1n) is 6.03. The second kappa shape index (κ2) is 7.22. The van der Waals surface area contributed by atoms with Gasteiger partial charge in [0.1, 0.15) is 0 Å². The third kappa shape index (κ3) is 4.61. The van der Waals surface area contributed by atoms with Crippen molar-refractivity contribution < 1.29 is 4.42 Å². The summed E-state index contributed by atoms with van der Waals surface area (Å²) in [5, 5.41) is 14.2. The molecular formula is C11H22N4O. The third-order valence-corrected chi connectivity index (χ3v) is 2.47. The van der Waals surface area contributed by atoms with Crippen LogP contribution in [0.25, 0.3) is 0 Å². The Bertz CT molecular complexity index is 287. The lowest BCUT2D eigenvalue weighted by molar-refractivity contribution is 0.472. The third-order valence-electron chi connectivity index (χ3n) is 2.47. The molecule has 1 rings (SSSR count). The largest absolute Gasteiger partial charge is 0.407 e. The molecule has 0 bridgehead atoms. The number of hydrogen-bond acceptors (Lipinski definition) is 5. The molecule has 16 heavy (non-hydrogen) atoms. The van der Waals surface area contributed by atoms with E-state index in [2.05, 4.69) is 41.6 Å². The molecule has 1 heterocycles. The van der Waals surface area contributed by atoms with Gasteiger partial charge < -0.3 is 15.1 Å². The molecule has 0 saturated carbocycles. The average Bonchev–Trinajstić information content (AvgIpc) is 2.74. The highest BCUT2D eigenvalue weighted by Crippen LogP contribution is 2.07. The van der Waals surface area contributed by atoms with E-state index in [1.165, 1.54) is 0 Å². The summed E-state index contributed by atoms with van der Waals surface area (Å²) in [7, 11) is 0. The van der Waals surface area contributed by atoms with Crippen LogP contribution < -0.4 is 10.6 Å². The molecule has 0 radical (unpaired) electrons. The van der Waals surface area contributed by atoms with Gasteiger partial charge in [0.2, 0.25) is 5.89 Å². The first-order chi connectivity index (χ1) is 7.76. The maximum absolute atomic E-state index is 5.43. The summed E-state index contributed by atoms with van der Waals surface area (Å²) in [6.07, 6.45) is 2.25. The van der Waals surface area contributed by atoms with Crippen LogP contribution in [-0.4, -0.2) is 23.3 Å². The van der Waals surface area contributed by atoms with Crippen molar-refractivity contribution in [1.29, 1.82) is 0 Å². The van der Waals surface area contributed by atoms with Crippen molar-refractivity contribution in [3.05, 3.63) is 5.89 Å². The molecule has 0 amide bonds. The standard InChI is InChI=1S/C11H22N4O/c1-4-6-12-8-10-14-15-11(16-10)13-7-9(3)5-2/h9,12H,4-8H2,1-3H3,(H,13,15). The molecule has 2 N–H and O–H groups in total. The van der Waals surface area contributed by atoms with E-state index in [1.807, 2.05) is 0 Å². The fourth-order valence-electron chi connectivity index (χ4n) is 1.17. The van der Waals surface area contributed by atoms with Gasteiger partial charge in [0.25, 0.3) is 0 Å². The van der Waals surface area contributed by atoms with Gasteiger partial charge in [-0.05, 0) is 18.9 Å². The van der Waals surface area contributed by atoms with Crippen molar-refractivity contribution in [2.24, 2.45) is 5.92 Å². The van der Waals surface area contributed by atoms with Crippen molar-refractivity contribution in [3.8, 4) is 0 Å². The number of anilines is 1. The molecule has 1 aromatic heterocycles. The van der Waals surface area contributed by atoms with Crippen LogP contribution in [0, 0.1) is 5.92 Å². The minimum Gasteiger partial charge on any atom is -0.407 e. The van der Waals surface area contributed by atoms with Crippen LogP contribution in [0.3, 0.4) is 0 Å². The molecule has 1 atom stereocenters. The van der Waals surface area contributed by atoms with Gasteiger partial charge in [-0.2, -0.15) is 0 Å². The van der Waals surface area contributed by atoms with Gasteiger partial charge >= 0.3 is 6.01 Å². The first kappa shape index (κ1) is 13.0. The van der Waals surface area contributed by atoms with Gasteiger partial charge in [-0.15, -0.1) is 5.10 Å². The fraction of sp³-hybridized carbons (Fsp3) is 0.818. The number of rotatable bonds is 8. The van der Waals surface area contributed by atoms with Crippen LogP contribution in [0.15, 0.2) is 4.42 Å². The molecule has 0 aliphatic carbocycles. The number of aromatic nitrogens is 2. The first-order valence-corrected chi connectivity index (χ1v) is 6.03. The lowest BCUT2D eigenvalue weighted by atomic mass is 10.1. The highest BCUT2D eigenvalue weighted by molar-refractivity contribution is 5.16. The zero-order valence-electron chi connectivity index (χ0n) is 10.4. The Hall–Kier alpha value is -1.10. The van der Waals surface area contributed by atoms with Crippen LogP contribution in [0.1, 0.15) is 39.5 Å². The molecule has 92 valence electrons. The Morgan fingerprint density at radius 3 is 2.81 bits per heavy atom. The molecule has 1 aromatic rings. The topological polar surface area (TPSA) is 63.0 Å². The van der Waals surface area contributed by atoms with Gasteiger partial charge in [0.15, 0.2) is 0 Å². The van der Waals surface area contributed by atoms with E-state index in [1.54, 1.807) is 0 Å². The molecule has 0 aromatic carbocycles. The summed E-state index contributed by atoms with van der Waals surface area (Å²) in [5.74, 6) is 1.26. The Morgan fingerprint density at radius 1 is 1.31 bits per heavy atom. The molecule has 0 saturated heterocycles. The lowest BCUT2D eigenvalue weighted by Crippen LogP contribution is -2.13. The van der Waals surface area contributed by atoms with E-state index in [9.17, 15) is 0 Å².